The SMILES string of the molecule is CCn1cnnc1CNC(=O)CCCN. The molecule has 0 atom stereocenters. The Labute approximate surface area is 88.9 Å². The normalized spacial score (nSPS) is 10.3. The number of aryl methyl sites for hydroxylation is 1. The van der Waals surface area contributed by atoms with Crippen molar-refractivity contribution in [1.82, 2.24) is 20.1 Å². The molecule has 1 heterocycles. The molecule has 0 aromatic carbocycles. The van der Waals surface area contributed by atoms with Gasteiger partial charge in [-0.3, -0.25) is 4.79 Å². The van der Waals surface area contributed by atoms with Crippen molar-refractivity contribution in [2.75, 3.05) is 6.54 Å². The summed E-state index contributed by atoms with van der Waals surface area (Å²) in [7, 11) is 0. The van der Waals surface area contributed by atoms with E-state index in [2.05, 4.69) is 15.5 Å². The minimum atomic E-state index is 0.00565. The Kier molecular flexibility index (Phi) is 4.76. The molecule has 1 rings (SSSR count). The molecule has 1 amide bonds. The van der Waals surface area contributed by atoms with E-state index < -0.39 is 0 Å². The van der Waals surface area contributed by atoms with E-state index in [1.165, 1.54) is 0 Å². The zero-order valence-electron chi connectivity index (χ0n) is 8.94. The summed E-state index contributed by atoms with van der Waals surface area (Å²) in [5, 5.41) is 10.5. The van der Waals surface area contributed by atoms with Crippen molar-refractivity contribution in [2.45, 2.75) is 32.9 Å². The molecular formula is C9H17N5O. The maximum atomic E-state index is 11.3. The van der Waals surface area contributed by atoms with E-state index in [0.29, 0.717) is 25.9 Å². The van der Waals surface area contributed by atoms with E-state index in [-0.39, 0.29) is 5.91 Å². The van der Waals surface area contributed by atoms with Crippen molar-refractivity contribution in [2.24, 2.45) is 5.73 Å². The number of rotatable bonds is 6. The van der Waals surface area contributed by atoms with Crippen molar-refractivity contribution in [3.63, 3.8) is 0 Å². The maximum absolute atomic E-state index is 11.3. The molecule has 1 aromatic rings. The number of nitrogens with zero attached hydrogens (tertiary/aromatic N) is 3. The fraction of sp³-hybridized carbons (Fsp3) is 0.667. The van der Waals surface area contributed by atoms with Crippen molar-refractivity contribution in [3.8, 4) is 0 Å². The lowest BCUT2D eigenvalue weighted by Gasteiger charge is -2.05. The lowest BCUT2D eigenvalue weighted by atomic mass is 10.3. The lowest BCUT2D eigenvalue weighted by Crippen LogP contribution is -2.25. The third-order valence-electron chi connectivity index (χ3n) is 2.09. The Hall–Kier alpha value is -1.43. The first-order valence-electron chi connectivity index (χ1n) is 5.11. The maximum Gasteiger partial charge on any atom is 0.220 e. The largest absolute Gasteiger partial charge is 0.349 e. The Bertz CT molecular complexity index is 309. The van der Waals surface area contributed by atoms with Gasteiger partial charge in [0.2, 0.25) is 5.91 Å². The number of amides is 1. The molecule has 3 N–H and O–H groups in total. The van der Waals surface area contributed by atoms with Crippen LogP contribution < -0.4 is 11.1 Å². The second kappa shape index (κ2) is 6.13. The molecule has 6 nitrogen and oxygen atoms in total. The highest BCUT2D eigenvalue weighted by Gasteiger charge is 2.04. The summed E-state index contributed by atoms with van der Waals surface area (Å²) in [6.45, 7) is 3.78. The van der Waals surface area contributed by atoms with E-state index in [9.17, 15) is 4.79 Å². The number of nitrogens with one attached hydrogen (secondary N) is 1. The summed E-state index contributed by atoms with van der Waals surface area (Å²) >= 11 is 0. The van der Waals surface area contributed by atoms with Gasteiger partial charge in [-0.1, -0.05) is 0 Å². The van der Waals surface area contributed by atoms with Gasteiger partial charge in [-0.25, -0.2) is 0 Å². The van der Waals surface area contributed by atoms with Crippen LogP contribution in [0.4, 0.5) is 0 Å². The number of hydrogen-bond acceptors (Lipinski definition) is 4. The molecule has 0 aliphatic carbocycles. The van der Waals surface area contributed by atoms with Gasteiger partial charge in [-0.15, -0.1) is 10.2 Å². The van der Waals surface area contributed by atoms with Gasteiger partial charge < -0.3 is 15.6 Å². The second-order valence-electron chi connectivity index (χ2n) is 3.20. The number of hydrogen-bond donors (Lipinski definition) is 2. The van der Waals surface area contributed by atoms with Crippen molar-refractivity contribution in [3.05, 3.63) is 12.2 Å². The summed E-state index contributed by atoms with van der Waals surface area (Å²) in [6, 6.07) is 0. The molecule has 0 bridgehead atoms. The molecule has 0 radical (unpaired) electrons. The van der Waals surface area contributed by atoms with Gasteiger partial charge in [0.25, 0.3) is 0 Å². The van der Waals surface area contributed by atoms with Crippen LogP contribution in [0.5, 0.6) is 0 Å². The molecular weight excluding hydrogens is 194 g/mol. The van der Waals surface area contributed by atoms with Crippen molar-refractivity contribution < 1.29 is 4.79 Å². The van der Waals surface area contributed by atoms with E-state index in [1.54, 1.807) is 6.33 Å². The molecule has 1 aromatic heterocycles. The van der Waals surface area contributed by atoms with E-state index in [4.69, 9.17) is 5.73 Å². The van der Waals surface area contributed by atoms with Gasteiger partial charge in [-0.2, -0.15) is 0 Å². The predicted molar refractivity (Wildman–Crippen MR) is 55.8 cm³/mol. The third kappa shape index (κ3) is 3.67. The average molecular weight is 211 g/mol. The van der Waals surface area contributed by atoms with Gasteiger partial charge in [-0.05, 0) is 19.9 Å². The van der Waals surface area contributed by atoms with Gasteiger partial charge in [0.05, 0.1) is 6.54 Å². The highest BCUT2D eigenvalue weighted by molar-refractivity contribution is 5.75. The Morgan fingerprint density at radius 1 is 1.67 bits per heavy atom. The molecule has 0 saturated heterocycles. The van der Waals surface area contributed by atoms with Crippen LogP contribution in [0.2, 0.25) is 0 Å². The summed E-state index contributed by atoms with van der Waals surface area (Å²) in [4.78, 5) is 11.3. The zero-order valence-corrected chi connectivity index (χ0v) is 8.94. The third-order valence-corrected chi connectivity index (χ3v) is 2.09. The van der Waals surface area contributed by atoms with Crippen LogP contribution in [0.15, 0.2) is 6.33 Å². The molecule has 0 spiro atoms. The molecule has 0 aliphatic heterocycles. The smallest absolute Gasteiger partial charge is 0.220 e. The summed E-state index contributed by atoms with van der Waals surface area (Å²) in [5.41, 5.74) is 5.31. The van der Waals surface area contributed by atoms with E-state index in [0.717, 1.165) is 12.4 Å². The molecule has 84 valence electrons. The fourth-order valence-electron chi connectivity index (χ4n) is 1.21. The van der Waals surface area contributed by atoms with Crippen LogP contribution in [-0.4, -0.2) is 27.2 Å². The molecule has 6 heteroatoms. The van der Waals surface area contributed by atoms with Gasteiger partial charge in [0.15, 0.2) is 5.82 Å². The van der Waals surface area contributed by atoms with Crippen LogP contribution >= 0.6 is 0 Å². The second-order valence-corrected chi connectivity index (χ2v) is 3.20. The number of aromatic nitrogens is 3. The van der Waals surface area contributed by atoms with Gasteiger partial charge in [0.1, 0.15) is 6.33 Å². The molecule has 0 saturated carbocycles. The van der Waals surface area contributed by atoms with Crippen LogP contribution in [0, 0.1) is 0 Å². The first-order valence-corrected chi connectivity index (χ1v) is 5.11. The quantitative estimate of drug-likeness (QED) is 0.673. The fourth-order valence-corrected chi connectivity index (χ4v) is 1.21. The molecule has 0 aliphatic rings. The number of nitrogens with two attached hydrogens (primary N) is 1. The van der Waals surface area contributed by atoms with E-state index >= 15 is 0 Å². The highest BCUT2D eigenvalue weighted by Crippen LogP contribution is 1.94. The van der Waals surface area contributed by atoms with Crippen molar-refractivity contribution in [1.29, 1.82) is 0 Å². The van der Waals surface area contributed by atoms with E-state index in [1.807, 2.05) is 11.5 Å². The Balaban J connectivity index is 2.33. The van der Waals surface area contributed by atoms with Crippen LogP contribution in [0.1, 0.15) is 25.6 Å². The summed E-state index contributed by atoms with van der Waals surface area (Å²) < 4.78 is 1.89. The van der Waals surface area contributed by atoms with Crippen LogP contribution in [-0.2, 0) is 17.9 Å². The molecule has 15 heavy (non-hydrogen) atoms. The minimum absolute atomic E-state index is 0.00565. The summed E-state index contributed by atoms with van der Waals surface area (Å²) in [6.07, 6.45) is 2.84. The predicted octanol–water partition coefficient (Wildman–Crippen LogP) is -0.347. The summed E-state index contributed by atoms with van der Waals surface area (Å²) in [5.74, 6) is 0.782. The van der Waals surface area contributed by atoms with Gasteiger partial charge >= 0.3 is 0 Å². The van der Waals surface area contributed by atoms with Crippen LogP contribution in [0.25, 0.3) is 0 Å². The highest BCUT2D eigenvalue weighted by atomic mass is 16.1. The first-order chi connectivity index (χ1) is 7.27. The first kappa shape index (κ1) is 11.6. The Morgan fingerprint density at radius 2 is 2.47 bits per heavy atom. The Morgan fingerprint density at radius 3 is 3.13 bits per heavy atom. The van der Waals surface area contributed by atoms with Gasteiger partial charge in [0, 0.05) is 13.0 Å². The zero-order chi connectivity index (χ0) is 11.1. The topological polar surface area (TPSA) is 85.8 Å². The number of carbonyl (C=O) groups is 1. The monoisotopic (exact) mass is 211 g/mol. The average Bonchev–Trinajstić information content (AvgIpc) is 2.70. The van der Waals surface area contributed by atoms with Crippen LogP contribution in [0.3, 0.4) is 0 Å². The minimum Gasteiger partial charge on any atom is -0.349 e. The number of carbonyl (C=O) groups excluding carboxylic acids is 1. The standard InChI is InChI=1S/C9H17N5O/c1-2-14-7-12-13-8(14)6-11-9(15)4-3-5-10/h7H,2-6,10H2,1H3,(H,11,15). The lowest BCUT2D eigenvalue weighted by molar-refractivity contribution is -0.121. The molecule has 0 fully saturated rings. The van der Waals surface area contributed by atoms with Crippen molar-refractivity contribution >= 4 is 5.91 Å². The molecule has 0 unspecified atom stereocenters.